The average molecular weight is 169 g/mol. The van der Waals surface area contributed by atoms with E-state index in [0.29, 0.717) is 17.7 Å². The topological polar surface area (TPSA) is 64.9 Å². The Hall–Kier alpha value is -0.900. The highest BCUT2D eigenvalue weighted by Gasteiger charge is 2.21. The lowest BCUT2D eigenvalue weighted by Crippen LogP contribution is -2.24. The van der Waals surface area contributed by atoms with Gasteiger partial charge in [0.15, 0.2) is 5.82 Å². The fraction of sp³-hybridized carbons (Fsp3) is 0.750. The van der Waals surface area contributed by atoms with Gasteiger partial charge in [0.2, 0.25) is 6.39 Å². The van der Waals surface area contributed by atoms with Gasteiger partial charge < -0.3 is 10.3 Å². The van der Waals surface area contributed by atoms with E-state index in [9.17, 15) is 0 Å². The van der Waals surface area contributed by atoms with Crippen molar-refractivity contribution in [2.75, 3.05) is 0 Å². The minimum absolute atomic E-state index is 0.122. The van der Waals surface area contributed by atoms with Crippen LogP contribution in [0.15, 0.2) is 10.9 Å². The van der Waals surface area contributed by atoms with E-state index in [2.05, 4.69) is 35.4 Å². The van der Waals surface area contributed by atoms with E-state index in [4.69, 9.17) is 5.73 Å². The van der Waals surface area contributed by atoms with E-state index in [1.54, 1.807) is 0 Å². The van der Waals surface area contributed by atoms with Crippen molar-refractivity contribution in [3.8, 4) is 0 Å². The molecule has 0 radical (unpaired) electrons. The van der Waals surface area contributed by atoms with Crippen LogP contribution in [0.2, 0.25) is 0 Å². The molecule has 0 spiro atoms. The summed E-state index contributed by atoms with van der Waals surface area (Å²) in [6.45, 7) is 6.35. The van der Waals surface area contributed by atoms with Gasteiger partial charge in [0.05, 0.1) is 6.04 Å². The fourth-order valence-electron chi connectivity index (χ4n) is 0.975. The van der Waals surface area contributed by atoms with Crippen LogP contribution in [-0.2, 0) is 0 Å². The molecule has 12 heavy (non-hydrogen) atoms. The number of hydrogen-bond donors (Lipinski definition) is 1. The summed E-state index contributed by atoms with van der Waals surface area (Å²) in [5.74, 6) is 1.48. The van der Waals surface area contributed by atoms with Crippen molar-refractivity contribution in [1.82, 2.24) is 10.1 Å². The third kappa shape index (κ3) is 1.82. The van der Waals surface area contributed by atoms with Gasteiger partial charge in [0.1, 0.15) is 0 Å². The first-order valence-electron chi connectivity index (χ1n) is 4.14. The van der Waals surface area contributed by atoms with Crippen molar-refractivity contribution >= 4 is 0 Å². The molecule has 68 valence electrons. The lowest BCUT2D eigenvalue weighted by molar-refractivity contribution is 0.328. The highest BCUT2D eigenvalue weighted by Crippen LogP contribution is 2.22. The Kier molecular flexibility index (Phi) is 2.81. The molecular formula is C8H15N3O. The summed E-state index contributed by atoms with van der Waals surface area (Å²) in [6.07, 6.45) is 1.31. The quantitative estimate of drug-likeness (QED) is 0.742. The van der Waals surface area contributed by atoms with Crippen molar-refractivity contribution in [3.63, 3.8) is 0 Å². The van der Waals surface area contributed by atoms with Crippen LogP contribution in [0.25, 0.3) is 0 Å². The van der Waals surface area contributed by atoms with E-state index in [1.165, 1.54) is 6.39 Å². The second-order valence-electron chi connectivity index (χ2n) is 3.42. The molecule has 2 atom stereocenters. The Morgan fingerprint density at radius 2 is 2.08 bits per heavy atom. The zero-order valence-electron chi connectivity index (χ0n) is 7.69. The second kappa shape index (κ2) is 3.67. The molecule has 1 aromatic heterocycles. The van der Waals surface area contributed by atoms with Crippen molar-refractivity contribution in [1.29, 1.82) is 0 Å². The summed E-state index contributed by atoms with van der Waals surface area (Å²) in [5.41, 5.74) is 5.90. The molecule has 0 aliphatic carbocycles. The minimum atomic E-state index is -0.122. The molecule has 0 saturated carbocycles. The molecule has 2 N–H and O–H groups in total. The van der Waals surface area contributed by atoms with E-state index in [0.717, 1.165) is 0 Å². The fourth-order valence-corrected chi connectivity index (χ4v) is 0.975. The monoisotopic (exact) mass is 169 g/mol. The summed E-state index contributed by atoms with van der Waals surface area (Å²) >= 11 is 0. The number of hydrogen-bond acceptors (Lipinski definition) is 4. The van der Waals surface area contributed by atoms with Crippen LogP contribution in [-0.4, -0.2) is 10.1 Å². The molecule has 2 unspecified atom stereocenters. The van der Waals surface area contributed by atoms with Crippen LogP contribution in [0.4, 0.5) is 0 Å². The maximum atomic E-state index is 5.90. The molecule has 0 aliphatic heterocycles. The van der Waals surface area contributed by atoms with Crippen LogP contribution in [0.3, 0.4) is 0 Å². The van der Waals surface area contributed by atoms with Gasteiger partial charge in [-0.05, 0) is 11.8 Å². The smallest absolute Gasteiger partial charge is 0.213 e. The number of aromatic nitrogens is 2. The highest BCUT2D eigenvalue weighted by atomic mass is 16.5. The van der Waals surface area contributed by atoms with Crippen LogP contribution in [0.5, 0.6) is 0 Å². The standard InChI is InChI=1S/C8H15N3O/c1-5(2)6(3)7(9)8-10-4-12-11-8/h4-7H,9H2,1-3H3. The summed E-state index contributed by atoms with van der Waals surface area (Å²) in [5, 5.41) is 3.71. The van der Waals surface area contributed by atoms with Crippen molar-refractivity contribution < 1.29 is 4.52 Å². The normalized spacial score (nSPS) is 16.4. The van der Waals surface area contributed by atoms with Gasteiger partial charge in [-0.3, -0.25) is 0 Å². The summed E-state index contributed by atoms with van der Waals surface area (Å²) in [4.78, 5) is 3.92. The van der Waals surface area contributed by atoms with Gasteiger partial charge >= 0.3 is 0 Å². The van der Waals surface area contributed by atoms with Gasteiger partial charge in [0, 0.05) is 0 Å². The van der Waals surface area contributed by atoms with Crippen molar-refractivity contribution in [3.05, 3.63) is 12.2 Å². The third-order valence-corrected chi connectivity index (χ3v) is 2.29. The molecule has 4 nitrogen and oxygen atoms in total. The van der Waals surface area contributed by atoms with Gasteiger partial charge in [-0.25, -0.2) is 0 Å². The molecule has 0 bridgehead atoms. The summed E-state index contributed by atoms with van der Waals surface area (Å²) in [6, 6.07) is -0.122. The lowest BCUT2D eigenvalue weighted by atomic mass is 9.90. The maximum absolute atomic E-state index is 5.90. The third-order valence-electron chi connectivity index (χ3n) is 2.29. The first kappa shape index (κ1) is 9.19. The molecule has 4 heteroatoms. The van der Waals surface area contributed by atoms with Crippen molar-refractivity contribution in [2.24, 2.45) is 17.6 Å². The Morgan fingerprint density at radius 3 is 2.50 bits per heavy atom. The number of nitrogens with two attached hydrogens (primary N) is 1. The van der Waals surface area contributed by atoms with Gasteiger partial charge in [-0.2, -0.15) is 4.98 Å². The molecule has 0 aromatic carbocycles. The zero-order valence-corrected chi connectivity index (χ0v) is 7.69. The largest absolute Gasteiger partial charge is 0.343 e. The molecule has 0 amide bonds. The molecule has 1 rings (SSSR count). The first-order chi connectivity index (χ1) is 5.63. The first-order valence-corrected chi connectivity index (χ1v) is 4.14. The van der Waals surface area contributed by atoms with Gasteiger partial charge in [-0.1, -0.05) is 25.9 Å². The van der Waals surface area contributed by atoms with Crippen LogP contribution in [0.1, 0.15) is 32.6 Å². The van der Waals surface area contributed by atoms with Gasteiger partial charge in [0.25, 0.3) is 0 Å². The molecule has 0 aliphatic rings. The van der Waals surface area contributed by atoms with Crippen LogP contribution >= 0.6 is 0 Å². The summed E-state index contributed by atoms with van der Waals surface area (Å²) in [7, 11) is 0. The van der Waals surface area contributed by atoms with E-state index in [-0.39, 0.29) is 6.04 Å². The average Bonchev–Trinajstić information content (AvgIpc) is 2.53. The van der Waals surface area contributed by atoms with E-state index in [1.807, 2.05) is 0 Å². The Morgan fingerprint density at radius 1 is 1.42 bits per heavy atom. The molecule has 1 heterocycles. The minimum Gasteiger partial charge on any atom is -0.343 e. The Labute approximate surface area is 72.1 Å². The maximum Gasteiger partial charge on any atom is 0.213 e. The van der Waals surface area contributed by atoms with E-state index < -0.39 is 0 Å². The Balaban J connectivity index is 2.65. The predicted molar refractivity (Wildman–Crippen MR) is 45.2 cm³/mol. The summed E-state index contributed by atoms with van der Waals surface area (Å²) < 4.78 is 4.62. The predicted octanol–water partition coefficient (Wildman–Crippen LogP) is 1.36. The number of nitrogens with zero attached hydrogens (tertiary/aromatic N) is 2. The molecule has 0 saturated heterocycles. The molecular weight excluding hydrogens is 154 g/mol. The van der Waals surface area contributed by atoms with Gasteiger partial charge in [-0.15, -0.1) is 0 Å². The number of rotatable bonds is 3. The molecule has 0 fully saturated rings. The van der Waals surface area contributed by atoms with E-state index >= 15 is 0 Å². The lowest BCUT2D eigenvalue weighted by Gasteiger charge is -2.19. The zero-order chi connectivity index (χ0) is 9.14. The second-order valence-corrected chi connectivity index (χ2v) is 3.42. The van der Waals surface area contributed by atoms with Crippen molar-refractivity contribution in [2.45, 2.75) is 26.8 Å². The molecule has 1 aromatic rings. The van der Waals surface area contributed by atoms with Crippen LogP contribution < -0.4 is 5.73 Å². The SMILES string of the molecule is CC(C)C(C)C(N)c1ncon1. The van der Waals surface area contributed by atoms with Crippen LogP contribution in [0, 0.1) is 11.8 Å². The highest BCUT2D eigenvalue weighted by molar-refractivity contribution is 4.91. The Bertz CT molecular complexity index is 220.